The lowest BCUT2D eigenvalue weighted by molar-refractivity contribution is 0.0691. The molecule has 3 aromatic rings. The molecule has 0 saturated carbocycles. The number of nitrogens with zero attached hydrogens (tertiary/aromatic N) is 1. The van der Waals surface area contributed by atoms with Crippen molar-refractivity contribution >= 4 is 16.9 Å². The van der Waals surface area contributed by atoms with Gasteiger partial charge in [-0.15, -0.1) is 0 Å². The van der Waals surface area contributed by atoms with Crippen LogP contribution in [0.3, 0.4) is 0 Å². The molecule has 0 bridgehead atoms. The van der Waals surface area contributed by atoms with Crippen LogP contribution in [0.2, 0.25) is 0 Å². The third-order valence-electron chi connectivity index (χ3n) is 4.81. The van der Waals surface area contributed by atoms with E-state index in [2.05, 4.69) is 0 Å². The number of ether oxygens (including phenoxy) is 1. The summed E-state index contributed by atoms with van der Waals surface area (Å²) in [5, 5.41) is 19.8. The van der Waals surface area contributed by atoms with Gasteiger partial charge in [-0.25, -0.2) is 0 Å². The Bertz CT molecular complexity index is 1120. The van der Waals surface area contributed by atoms with Gasteiger partial charge < -0.3 is 24.3 Å². The van der Waals surface area contributed by atoms with E-state index in [1.807, 2.05) is 0 Å². The standard InChI is InChI=1S/C21H19NO6/c1-2-27-16-11-12(7-8-14(16)24)18-17-19(25)13-5-3-4-6-15(13)28-20(17)21(26)22(18)9-10-23/h3-8,11,18,23-24H,2,9-10H2,1H3. The van der Waals surface area contributed by atoms with Crippen molar-refractivity contribution in [3.63, 3.8) is 0 Å². The summed E-state index contributed by atoms with van der Waals surface area (Å²) < 4.78 is 11.2. The summed E-state index contributed by atoms with van der Waals surface area (Å²) in [4.78, 5) is 27.5. The molecular formula is C21H19NO6. The average Bonchev–Trinajstić information content (AvgIpc) is 2.97. The quantitative estimate of drug-likeness (QED) is 0.704. The highest BCUT2D eigenvalue weighted by Gasteiger charge is 2.42. The van der Waals surface area contributed by atoms with E-state index in [-0.39, 0.29) is 41.4 Å². The minimum absolute atomic E-state index is 0.0202. The number of aliphatic hydroxyl groups excluding tert-OH is 1. The summed E-state index contributed by atoms with van der Waals surface area (Å²) in [6.45, 7) is 1.92. The lowest BCUT2D eigenvalue weighted by Gasteiger charge is -2.24. The lowest BCUT2D eigenvalue weighted by atomic mass is 9.98. The minimum Gasteiger partial charge on any atom is -0.504 e. The van der Waals surface area contributed by atoms with Crippen LogP contribution in [0.1, 0.15) is 34.6 Å². The zero-order valence-corrected chi connectivity index (χ0v) is 15.2. The van der Waals surface area contributed by atoms with Gasteiger partial charge in [0.25, 0.3) is 5.91 Å². The van der Waals surface area contributed by atoms with Gasteiger partial charge in [-0.1, -0.05) is 18.2 Å². The first-order valence-electron chi connectivity index (χ1n) is 9.00. The second kappa shape index (κ2) is 7.01. The molecule has 0 fully saturated rings. The molecule has 4 rings (SSSR count). The second-order valence-electron chi connectivity index (χ2n) is 6.46. The van der Waals surface area contributed by atoms with Gasteiger partial charge in [0, 0.05) is 6.54 Å². The smallest absolute Gasteiger partial charge is 0.290 e. The Labute approximate surface area is 160 Å². The van der Waals surface area contributed by atoms with Crippen LogP contribution in [0.25, 0.3) is 11.0 Å². The zero-order chi connectivity index (χ0) is 19.8. The number of para-hydroxylation sites is 1. The Morgan fingerprint density at radius 2 is 1.96 bits per heavy atom. The molecule has 0 radical (unpaired) electrons. The molecule has 1 amide bonds. The Morgan fingerprint density at radius 3 is 2.71 bits per heavy atom. The van der Waals surface area contributed by atoms with Crippen molar-refractivity contribution in [1.29, 1.82) is 0 Å². The lowest BCUT2D eigenvalue weighted by Crippen LogP contribution is -2.32. The van der Waals surface area contributed by atoms with E-state index >= 15 is 0 Å². The number of aromatic hydroxyl groups is 1. The molecule has 7 heteroatoms. The molecule has 0 aliphatic carbocycles. The second-order valence-corrected chi connectivity index (χ2v) is 6.46. The molecule has 2 heterocycles. The van der Waals surface area contributed by atoms with E-state index < -0.39 is 11.9 Å². The molecule has 1 atom stereocenters. The summed E-state index contributed by atoms with van der Waals surface area (Å²) in [6, 6.07) is 10.7. The number of phenols is 1. The highest BCUT2D eigenvalue weighted by atomic mass is 16.5. The average molecular weight is 381 g/mol. The van der Waals surface area contributed by atoms with Gasteiger partial charge in [-0.05, 0) is 36.8 Å². The first-order valence-corrected chi connectivity index (χ1v) is 9.00. The Balaban J connectivity index is 1.96. The van der Waals surface area contributed by atoms with Gasteiger partial charge in [0.1, 0.15) is 5.58 Å². The Morgan fingerprint density at radius 1 is 1.18 bits per heavy atom. The predicted octanol–water partition coefficient (Wildman–Crippen LogP) is 2.43. The molecule has 2 N–H and O–H groups in total. The fourth-order valence-corrected chi connectivity index (χ4v) is 3.62. The summed E-state index contributed by atoms with van der Waals surface area (Å²) >= 11 is 0. The van der Waals surface area contributed by atoms with Crippen LogP contribution in [-0.4, -0.2) is 40.8 Å². The molecule has 7 nitrogen and oxygen atoms in total. The number of hydrogen-bond donors (Lipinski definition) is 2. The molecule has 144 valence electrons. The number of β-amino-alcohol motifs (C(OH)–C–C–N with tert-alkyl or cyclic N) is 1. The summed E-state index contributed by atoms with van der Waals surface area (Å²) in [7, 11) is 0. The Hall–Kier alpha value is -3.32. The van der Waals surface area contributed by atoms with Gasteiger partial charge in [-0.2, -0.15) is 0 Å². The molecule has 1 unspecified atom stereocenters. The minimum atomic E-state index is -0.740. The first-order chi connectivity index (χ1) is 13.6. The maximum Gasteiger partial charge on any atom is 0.290 e. The van der Waals surface area contributed by atoms with Crippen molar-refractivity contribution in [3.05, 3.63) is 69.6 Å². The van der Waals surface area contributed by atoms with Gasteiger partial charge in [0.2, 0.25) is 5.76 Å². The van der Waals surface area contributed by atoms with Crippen LogP contribution in [0.5, 0.6) is 11.5 Å². The fourth-order valence-electron chi connectivity index (χ4n) is 3.62. The van der Waals surface area contributed by atoms with Crippen molar-refractivity contribution in [2.75, 3.05) is 19.8 Å². The fraction of sp³-hybridized carbons (Fsp3) is 0.238. The number of aliphatic hydroxyl groups is 1. The highest BCUT2D eigenvalue weighted by molar-refractivity contribution is 5.99. The largest absolute Gasteiger partial charge is 0.504 e. The van der Waals surface area contributed by atoms with Gasteiger partial charge in [0.05, 0.1) is 30.2 Å². The maximum absolute atomic E-state index is 13.2. The molecule has 1 aliphatic rings. The van der Waals surface area contributed by atoms with Crippen LogP contribution < -0.4 is 10.2 Å². The van der Waals surface area contributed by atoms with Gasteiger partial charge in [-0.3, -0.25) is 9.59 Å². The van der Waals surface area contributed by atoms with Crippen molar-refractivity contribution in [2.45, 2.75) is 13.0 Å². The van der Waals surface area contributed by atoms with E-state index in [4.69, 9.17) is 9.15 Å². The molecule has 1 aromatic heterocycles. The number of benzene rings is 2. The maximum atomic E-state index is 13.2. The van der Waals surface area contributed by atoms with Gasteiger partial charge >= 0.3 is 0 Å². The molecular weight excluding hydrogens is 362 g/mol. The van der Waals surface area contributed by atoms with Crippen molar-refractivity contribution < 1.29 is 24.2 Å². The molecule has 2 aromatic carbocycles. The topological polar surface area (TPSA) is 100 Å². The number of carbonyl (C=O) groups is 1. The van der Waals surface area contributed by atoms with E-state index in [9.17, 15) is 19.8 Å². The Kier molecular flexibility index (Phi) is 4.52. The number of hydrogen-bond acceptors (Lipinski definition) is 6. The normalized spacial score (nSPS) is 15.9. The highest BCUT2D eigenvalue weighted by Crippen LogP contribution is 2.40. The summed E-state index contributed by atoms with van der Waals surface area (Å²) in [6.07, 6.45) is 0. The van der Waals surface area contributed by atoms with Crippen molar-refractivity contribution in [1.82, 2.24) is 4.90 Å². The third-order valence-corrected chi connectivity index (χ3v) is 4.81. The SMILES string of the molecule is CCOc1cc(C2c3c(oc4ccccc4c3=O)C(=O)N2CCO)ccc1O. The van der Waals surface area contributed by atoms with E-state index in [1.54, 1.807) is 43.3 Å². The third kappa shape index (κ3) is 2.71. The first kappa shape index (κ1) is 18.1. The van der Waals surface area contributed by atoms with E-state index in [1.165, 1.54) is 11.0 Å². The number of rotatable bonds is 5. The number of carbonyl (C=O) groups excluding carboxylic acids is 1. The molecule has 0 spiro atoms. The number of fused-ring (bicyclic) bond motifs is 2. The molecule has 0 saturated heterocycles. The van der Waals surface area contributed by atoms with Crippen LogP contribution in [-0.2, 0) is 0 Å². The van der Waals surface area contributed by atoms with Gasteiger partial charge in [0.15, 0.2) is 16.9 Å². The molecule has 28 heavy (non-hydrogen) atoms. The van der Waals surface area contributed by atoms with Crippen LogP contribution in [0.4, 0.5) is 0 Å². The summed E-state index contributed by atoms with van der Waals surface area (Å²) in [5.41, 5.74) is 0.862. The van der Waals surface area contributed by atoms with E-state index in [0.29, 0.717) is 23.1 Å². The zero-order valence-electron chi connectivity index (χ0n) is 15.2. The number of amides is 1. The van der Waals surface area contributed by atoms with Crippen LogP contribution in [0, 0.1) is 0 Å². The number of phenolic OH excluding ortho intramolecular Hbond substituents is 1. The molecule has 1 aliphatic heterocycles. The van der Waals surface area contributed by atoms with Crippen LogP contribution >= 0.6 is 0 Å². The monoisotopic (exact) mass is 381 g/mol. The van der Waals surface area contributed by atoms with Crippen molar-refractivity contribution in [2.24, 2.45) is 0 Å². The summed E-state index contributed by atoms with van der Waals surface area (Å²) in [5.74, 6) is -0.249. The predicted molar refractivity (Wildman–Crippen MR) is 102 cm³/mol. The van der Waals surface area contributed by atoms with Crippen molar-refractivity contribution in [3.8, 4) is 11.5 Å². The van der Waals surface area contributed by atoms with Crippen LogP contribution in [0.15, 0.2) is 51.7 Å². The van der Waals surface area contributed by atoms with E-state index in [0.717, 1.165) is 0 Å².